The normalized spacial score (nSPS) is 13.1. The maximum Gasteiger partial charge on any atom is 0.237 e. The molecule has 0 fully saturated rings. The lowest BCUT2D eigenvalue weighted by Crippen LogP contribution is -2.43. The van der Waals surface area contributed by atoms with Gasteiger partial charge in [-0.15, -0.1) is 0 Å². The quantitative estimate of drug-likeness (QED) is 0.836. The van der Waals surface area contributed by atoms with Gasteiger partial charge in [0, 0.05) is 19.2 Å². The fraction of sp³-hybridized carbons (Fsp3) is 0.692. The first-order valence-corrected chi connectivity index (χ1v) is 6.30. The number of carbonyl (C=O) groups excluding carboxylic acids is 1. The molecule has 1 heterocycles. The fourth-order valence-corrected chi connectivity index (χ4v) is 1.54. The van der Waals surface area contributed by atoms with Gasteiger partial charge < -0.3 is 9.84 Å². The lowest BCUT2D eigenvalue weighted by molar-refractivity contribution is -0.125. The van der Waals surface area contributed by atoms with Gasteiger partial charge in [-0.1, -0.05) is 19.0 Å². The van der Waals surface area contributed by atoms with Gasteiger partial charge in [-0.05, 0) is 26.8 Å². The number of aryl methyl sites for hydroxylation is 1. The van der Waals surface area contributed by atoms with Crippen molar-refractivity contribution in [2.75, 3.05) is 13.6 Å². The summed E-state index contributed by atoms with van der Waals surface area (Å²) in [5.41, 5.74) is 0.846. The minimum atomic E-state index is -0.180. The van der Waals surface area contributed by atoms with Crippen molar-refractivity contribution in [3.63, 3.8) is 0 Å². The van der Waals surface area contributed by atoms with Crippen molar-refractivity contribution in [3.05, 3.63) is 17.5 Å². The highest BCUT2D eigenvalue weighted by Gasteiger charge is 2.18. The second kappa shape index (κ2) is 6.54. The van der Waals surface area contributed by atoms with Crippen molar-refractivity contribution in [1.82, 2.24) is 15.4 Å². The monoisotopic (exact) mass is 253 g/mol. The number of rotatable bonds is 6. The van der Waals surface area contributed by atoms with E-state index < -0.39 is 0 Å². The van der Waals surface area contributed by atoms with Crippen LogP contribution in [0.1, 0.15) is 32.2 Å². The van der Waals surface area contributed by atoms with E-state index in [9.17, 15) is 4.79 Å². The van der Waals surface area contributed by atoms with E-state index in [-0.39, 0.29) is 11.9 Å². The number of hydrogen-bond acceptors (Lipinski definition) is 4. The second-order valence-electron chi connectivity index (χ2n) is 5.16. The first-order chi connectivity index (χ1) is 8.40. The molecule has 5 heteroatoms. The molecule has 1 aromatic heterocycles. The Morgan fingerprint density at radius 2 is 2.17 bits per heavy atom. The van der Waals surface area contributed by atoms with E-state index in [2.05, 4.69) is 24.3 Å². The summed E-state index contributed by atoms with van der Waals surface area (Å²) in [5.74, 6) is 1.30. The highest BCUT2D eigenvalue weighted by Crippen LogP contribution is 2.07. The maximum atomic E-state index is 11.9. The maximum absolute atomic E-state index is 11.9. The number of likely N-dealkylation sites (N-methyl/N-ethyl adjacent to an activating group) is 1. The van der Waals surface area contributed by atoms with Crippen LogP contribution in [-0.4, -0.2) is 35.6 Å². The summed E-state index contributed by atoms with van der Waals surface area (Å²) in [5, 5.41) is 6.85. The Kier molecular flexibility index (Phi) is 5.34. The van der Waals surface area contributed by atoms with Gasteiger partial charge >= 0.3 is 0 Å². The number of aromatic nitrogens is 1. The van der Waals surface area contributed by atoms with Crippen LogP contribution in [0.2, 0.25) is 0 Å². The molecule has 0 aliphatic heterocycles. The van der Waals surface area contributed by atoms with Crippen molar-refractivity contribution < 1.29 is 9.32 Å². The van der Waals surface area contributed by atoms with Gasteiger partial charge in [0.1, 0.15) is 5.76 Å². The molecule has 1 aromatic rings. The first kappa shape index (κ1) is 14.7. The van der Waals surface area contributed by atoms with Gasteiger partial charge in [0.15, 0.2) is 0 Å². The molecule has 5 nitrogen and oxygen atoms in total. The standard InChI is InChI=1S/C13H23N3O2/c1-9(2)7-14-13(17)11(4)16(5)8-12-6-10(3)18-15-12/h6,9,11H,7-8H2,1-5H3,(H,14,17). The Balaban J connectivity index is 2.45. The van der Waals surface area contributed by atoms with Crippen molar-refractivity contribution in [2.45, 2.75) is 40.3 Å². The molecule has 1 rings (SSSR count). The van der Waals surface area contributed by atoms with E-state index in [1.165, 1.54) is 0 Å². The summed E-state index contributed by atoms with van der Waals surface area (Å²) in [4.78, 5) is 13.8. The molecule has 0 aliphatic rings. The number of hydrogen-bond donors (Lipinski definition) is 1. The second-order valence-corrected chi connectivity index (χ2v) is 5.16. The van der Waals surface area contributed by atoms with Crippen LogP contribution in [0.25, 0.3) is 0 Å². The summed E-state index contributed by atoms with van der Waals surface area (Å²) in [6.07, 6.45) is 0. The molecule has 0 saturated heterocycles. The molecular formula is C13H23N3O2. The van der Waals surface area contributed by atoms with Gasteiger partial charge in [0.2, 0.25) is 5.91 Å². The summed E-state index contributed by atoms with van der Waals surface area (Å²) < 4.78 is 5.01. The SMILES string of the molecule is Cc1cc(CN(C)C(C)C(=O)NCC(C)C)no1. The van der Waals surface area contributed by atoms with E-state index in [1.807, 2.05) is 31.9 Å². The molecule has 0 radical (unpaired) electrons. The minimum Gasteiger partial charge on any atom is -0.361 e. The predicted octanol–water partition coefficient (Wildman–Crippen LogP) is 1.58. The molecule has 18 heavy (non-hydrogen) atoms. The average Bonchev–Trinajstić information content (AvgIpc) is 2.70. The van der Waals surface area contributed by atoms with Crippen LogP contribution in [0.5, 0.6) is 0 Å². The molecule has 1 unspecified atom stereocenters. The van der Waals surface area contributed by atoms with Crippen molar-refractivity contribution in [2.24, 2.45) is 5.92 Å². The zero-order chi connectivity index (χ0) is 13.7. The lowest BCUT2D eigenvalue weighted by atomic mass is 10.2. The molecule has 0 aromatic carbocycles. The number of amides is 1. The molecule has 1 amide bonds. The predicted molar refractivity (Wildman–Crippen MR) is 70.0 cm³/mol. The molecule has 0 bridgehead atoms. The average molecular weight is 253 g/mol. The zero-order valence-electron chi connectivity index (χ0n) is 11.9. The van der Waals surface area contributed by atoms with Crippen LogP contribution < -0.4 is 5.32 Å². The van der Waals surface area contributed by atoms with Gasteiger partial charge in [0.05, 0.1) is 11.7 Å². The van der Waals surface area contributed by atoms with Crippen LogP contribution in [0.15, 0.2) is 10.6 Å². The van der Waals surface area contributed by atoms with Crippen LogP contribution in [0.4, 0.5) is 0 Å². The van der Waals surface area contributed by atoms with Crippen molar-refractivity contribution in [1.29, 1.82) is 0 Å². The van der Waals surface area contributed by atoms with Crippen LogP contribution >= 0.6 is 0 Å². The highest BCUT2D eigenvalue weighted by atomic mass is 16.5. The topological polar surface area (TPSA) is 58.4 Å². The Morgan fingerprint density at radius 1 is 1.50 bits per heavy atom. The molecule has 0 spiro atoms. The van der Waals surface area contributed by atoms with Gasteiger partial charge in [-0.25, -0.2) is 0 Å². The third-order valence-corrected chi connectivity index (χ3v) is 2.81. The summed E-state index contributed by atoms with van der Waals surface area (Å²) in [7, 11) is 1.91. The Labute approximate surface area is 109 Å². The first-order valence-electron chi connectivity index (χ1n) is 6.30. The van der Waals surface area contributed by atoms with Gasteiger partial charge in [0.25, 0.3) is 0 Å². The smallest absolute Gasteiger partial charge is 0.237 e. The minimum absolute atomic E-state index is 0.0476. The largest absolute Gasteiger partial charge is 0.361 e. The summed E-state index contributed by atoms with van der Waals surface area (Å²) in [6, 6.07) is 1.70. The van der Waals surface area contributed by atoms with Gasteiger partial charge in [-0.3, -0.25) is 9.69 Å². The molecular weight excluding hydrogens is 230 g/mol. The van der Waals surface area contributed by atoms with Crippen LogP contribution in [0, 0.1) is 12.8 Å². The third-order valence-electron chi connectivity index (χ3n) is 2.81. The third kappa shape index (κ3) is 4.49. The van der Waals surface area contributed by atoms with Gasteiger partial charge in [-0.2, -0.15) is 0 Å². The number of nitrogens with zero attached hydrogens (tertiary/aromatic N) is 2. The number of nitrogens with one attached hydrogen (secondary N) is 1. The molecule has 0 aliphatic carbocycles. The molecule has 1 atom stereocenters. The van der Waals surface area contributed by atoms with Crippen LogP contribution in [-0.2, 0) is 11.3 Å². The Hall–Kier alpha value is -1.36. The lowest BCUT2D eigenvalue weighted by Gasteiger charge is -2.23. The Morgan fingerprint density at radius 3 is 2.67 bits per heavy atom. The molecule has 0 saturated carbocycles. The van der Waals surface area contributed by atoms with Crippen molar-refractivity contribution in [3.8, 4) is 0 Å². The van der Waals surface area contributed by atoms with E-state index in [0.29, 0.717) is 19.0 Å². The highest BCUT2D eigenvalue weighted by molar-refractivity contribution is 5.81. The Bertz CT molecular complexity index is 387. The number of carbonyl (C=O) groups is 1. The summed E-state index contributed by atoms with van der Waals surface area (Å²) >= 11 is 0. The zero-order valence-corrected chi connectivity index (χ0v) is 11.9. The summed E-state index contributed by atoms with van der Waals surface area (Å²) in [6.45, 7) is 9.21. The van der Waals surface area contributed by atoms with Crippen molar-refractivity contribution >= 4 is 5.91 Å². The molecule has 102 valence electrons. The van der Waals surface area contributed by atoms with E-state index in [4.69, 9.17) is 4.52 Å². The van der Waals surface area contributed by atoms with E-state index in [0.717, 1.165) is 11.5 Å². The van der Waals surface area contributed by atoms with Crippen LogP contribution in [0.3, 0.4) is 0 Å². The molecule has 1 N–H and O–H groups in total. The van der Waals surface area contributed by atoms with E-state index in [1.54, 1.807) is 0 Å². The van der Waals surface area contributed by atoms with E-state index >= 15 is 0 Å². The fourth-order valence-electron chi connectivity index (χ4n) is 1.54.